The smallest absolute Gasteiger partial charge is 0.329 e. The van der Waals surface area contributed by atoms with Crippen LogP contribution in [0.15, 0.2) is 24.3 Å². The van der Waals surface area contributed by atoms with Crippen molar-refractivity contribution in [1.29, 1.82) is 0 Å². The molecule has 0 aliphatic carbocycles. The molecule has 2 aliphatic rings. The number of anilines is 1. The second-order valence-electron chi connectivity index (χ2n) is 6.19. The minimum absolute atomic E-state index is 0.540. The van der Waals surface area contributed by atoms with Crippen molar-refractivity contribution in [2.45, 2.75) is 18.4 Å². The van der Waals surface area contributed by atoms with Crippen LogP contribution in [-0.4, -0.2) is 64.7 Å². The van der Waals surface area contributed by atoms with Gasteiger partial charge in [0.2, 0.25) is 6.29 Å². The zero-order chi connectivity index (χ0) is 19.7. The van der Waals surface area contributed by atoms with Gasteiger partial charge in [-0.25, -0.2) is 9.59 Å². The Hall–Kier alpha value is -2.81. The summed E-state index contributed by atoms with van der Waals surface area (Å²) < 4.78 is 25.5. The second-order valence-corrected chi connectivity index (χ2v) is 6.19. The monoisotopic (exact) mass is 379 g/mol. The fraction of sp³-hybridized carbons (Fsp3) is 0.500. The lowest BCUT2D eigenvalue weighted by atomic mass is 9.88. The molecule has 2 heterocycles. The third kappa shape index (κ3) is 2.97. The van der Waals surface area contributed by atoms with Crippen molar-refractivity contribution in [1.82, 2.24) is 0 Å². The van der Waals surface area contributed by atoms with Crippen LogP contribution in [-0.2, 0) is 33.3 Å². The van der Waals surface area contributed by atoms with Gasteiger partial charge in [-0.1, -0.05) is 0 Å². The molecule has 0 spiro atoms. The quantitative estimate of drug-likeness (QED) is 0.530. The number of esters is 3. The molecule has 9 heteroatoms. The average Bonchev–Trinajstić information content (AvgIpc) is 3.22. The molecule has 27 heavy (non-hydrogen) atoms. The van der Waals surface area contributed by atoms with Crippen LogP contribution in [0, 0.1) is 11.8 Å². The number of carbonyl (C=O) groups excluding carboxylic acids is 3. The predicted molar refractivity (Wildman–Crippen MR) is 91.0 cm³/mol. The van der Waals surface area contributed by atoms with Gasteiger partial charge in [0.25, 0.3) is 0 Å². The Morgan fingerprint density at radius 1 is 0.963 bits per heavy atom. The van der Waals surface area contributed by atoms with Crippen LogP contribution >= 0.6 is 0 Å². The van der Waals surface area contributed by atoms with Crippen molar-refractivity contribution in [3.8, 4) is 5.75 Å². The Bertz CT molecular complexity index is 733. The highest BCUT2D eigenvalue weighted by Crippen LogP contribution is 2.47. The number of methoxy groups -OCH3 is 4. The Morgan fingerprint density at radius 3 is 2.07 bits per heavy atom. The number of ether oxygens (including phenoxy) is 5. The zero-order valence-corrected chi connectivity index (χ0v) is 15.4. The summed E-state index contributed by atoms with van der Waals surface area (Å²) in [6.07, 6.45) is -0.970. The maximum atomic E-state index is 12.6. The summed E-state index contributed by atoms with van der Waals surface area (Å²) in [6, 6.07) is 4.76. The van der Waals surface area contributed by atoms with E-state index >= 15 is 0 Å². The number of nitrogens with zero attached hydrogens (tertiary/aromatic N) is 1. The molecule has 0 amide bonds. The third-order valence-electron chi connectivity index (χ3n) is 5.03. The highest BCUT2D eigenvalue weighted by atomic mass is 16.7. The predicted octanol–water partition coefficient (Wildman–Crippen LogP) is 0.360. The van der Waals surface area contributed by atoms with Gasteiger partial charge in [-0.15, -0.1) is 0 Å². The average molecular weight is 379 g/mol. The molecule has 1 aromatic carbocycles. The van der Waals surface area contributed by atoms with E-state index in [1.54, 1.807) is 29.2 Å². The van der Waals surface area contributed by atoms with Gasteiger partial charge in [0.05, 0.1) is 33.2 Å². The van der Waals surface area contributed by atoms with Crippen LogP contribution in [0.2, 0.25) is 0 Å². The van der Waals surface area contributed by atoms with E-state index < -0.39 is 48.1 Å². The zero-order valence-electron chi connectivity index (χ0n) is 15.4. The minimum Gasteiger partial charge on any atom is -0.497 e. The third-order valence-corrected chi connectivity index (χ3v) is 5.03. The number of hydrogen-bond acceptors (Lipinski definition) is 9. The maximum absolute atomic E-state index is 12.6. The molecule has 3 rings (SSSR count). The summed E-state index contributed by atoms with van der Waals surface area (Å²) in [5.41, 5.74) is 0.540. The Kier molecular flexibility index (Phi) is 5.22. The van der Waals surface area contributed by atoms with Crippen LogP contribution in [0.3, 0.4) is 0 Å². The van der Waals surface area contributed by atoms with Gasteiger partial charge in [-0.2, -0.15) is 0 Å². The van der Waals surface area contributed by atoms with E-state index in [-0.39, 0.29) is 0 Å². The largest absolute Gasteiger partial charge is 0.497 e. The first-order valence-corrected chi connectivity index (χ1v) is 8.29. The summed E-state index contributed by atoms with van der Waals surface area (Å²) in [5.74, 6) is -2.91. The molecule has 9 nitrogen and oxygen atoms in total. The van der Waals surface area contributed by atoms with Gasteiger partial charge in [-0.05, 0) is 24.3 Å². The maximum Gasteiger partial charge on any atom is 0.329 e. The lowest BCUT2D eigenvalue weighted by Gasteiger charge is -2.32. The molecule has 0 aromatic heterocycles. The normalized spacial score (nSPS) is 29.1. The highest BCUT2D eigenvalue weighted by Gasteiger charge is 2.66. The van der Waals surface area contributed by atoms with Crippen molar-refractivity contribution < 1.29 is 38.1 Å². The molecular formula is C18H21NO8. The molecule has 1 aromatic rings. The van der Waals surface area contributed by atoms with Gasteiger partial charge < -0.3 is 28.6 Å². The summed E-state index contributed by atoms with van der Waals surface area (Å²) in [4.78, 5) is 39.2. The molecule has 0 N–H and O–H groups in total. The molecule has 5 atom stereocenters. The number of hydrogen-bond donors (Lipinski definition) is 0. The number of carbonyl (C=O) groups is 3. The van der Waals surface area contributed by atoms with Crippen molar-refractivity contribution in [3.05, 3.63) is 24.3 Å². The van der Waals surface area contributed by atoms with Gasteiger partial charge in [-0.3, -0.25) is 4.79 Å². The van der Waals surface area contributed by atoms with Gasteiger partial charge in [0, 0.05) is 12.8 Å². The van der Waals surface area contributed by atoms with E-state index in [4.69, 9.17) is 23.7 Å². The molecule has 2 fully saturated rings. The summed E-state index contributed by atoms with van der Waals surface area (Å²) >= 11 is 0. The minimum atomic E-state index is -1.05. The van der Waals surface area contributed by atoms with Crippen LogP contribution in [0.4, 0.5) is 5.69 Å². The van der Waals surface area contributed by atoms with E-state index in [2.05, 4.69) is 0 Å². The van der Waals surface area contributed by atoms with Gasteiger partial charge in [0.1, 0.15) is 17.8 Å². The van der Waals surface area contributed by atoms with Crippen molar-refractivity contribution in [3.63, 3.8) is 0 Å². The highest BCUT2D eigenvalue weighted by molar-refractivity contribution is 5.95. The molecule has 2 saturated heterocycles. The summed E-state index contributed by atoms with van der Waals surface area (Å²) in [6.45, 7) is 0. The fourth-order valence-corrected chi connectivity index (χ4v) is 3.87. The lowest BCUT2D eigenvalue weighted by Crippen LogP contribution is -2.49. The van der Waals surface area contributed by atoms with E-state index in [0.717, 1.165) is 0 Å². The molecule has 0 saturated carbocycles. The van der Waals surface area contributed by atoms with Crippen LogP contribution in [0.25, 0.3) is 0 Å². The van der Waals surface area contributed by atoms with Crippen LogP contribution < -0.4 is 9.64 Å². The van der Waals surface area contributed by atoms with Crippen molar-refractivity contribution >= 4 is 23.6 Å². The first-order chi connectivity index (χ1) is 13.0. The standard InChI is InChI=1S/C18H21NO8/c1-23-10-7-5-9(6-8-10)19-13(16(21)24-2)11-12(14(19)17(22)25-3)18(26-4)27-15(11)20/h5-8,11-14,18H,1-4H3/t11-,12+,13+,14+,18-/m1/s1. The number of rotatable bonds is 5. The van der Waals surface area contributed by atoms with E-state index in [1.807, 2.05) is 0 Å². The van der Waals surface area contributed by atoms with Crippen LogP contribution in [0.1, 0.15) is 0 Å². The number of fused-ring (bicyclic) bond motifs is 1. The Morgan fingerprint density at radius 2 is 1.56 bits per heavy atom. The fourth-order valence-electron chi connectivity index (χ4n) is 3.87. The number of benzene rings is 1. The molecular weight excluding hydrogens is 358 g/mol. The van der Waals surface area contributed by atoms with Crippen molar-refractivity contribution in [2.75, 3.05) is 33.3 Å². The molecule has 146 valence electrons. The van der Waals surface area contributed by atoms with E-state index in [9.17, 15) is 14.4 Å². The Balaban J connectivity index is 2.14. The molecule has 0 radical (unpaired) electrons. The van der Waals surface area contributed by atoms with Crippen LogP contribution in [0.5, 0.6) is 5.75 Å². The lowest BCUT2D eigenvalue weighted by molar-refractivity contribution is -0.167. The first kappa shape index (κ1) is 19.0. The van der Waals surface area contributed by atoms with Crippen molar-refractivity contribution in [2.24, 2.45) is 11.8 Å². The SMILES string of the molecule is COC(=O)[C@@H]1[C@@H]2C(=O)O[C@@H](OC)[C@@H]2[C@@H](C(=O)OC)N1c1ccc(OC)cc1. The topological polar surface area (TPSA) is 101 Å². The summed E-state index contributed by atoms with van der Waals surface area (Å²) in [5, 5.41) is 0. The van der Waals surface area contributed by atoms with Gasteiger partial charge >= 0.3 is 17.9 Å². The first-order valence-electron chi connectivity index (χ1n) is 8.29. The summed E-state index contributed by atoms with van der Waals surface area (Å²) in [7, 11) is 5.37. The second kappa shape index (κ2) is 7.43. The Labute approximate surface area is 156 Å². The molecule has 0 unspecified atom stereocenters. The molecule has 0 bridgehead atoms. The van der Waals surface area contributed by atoms with E-state index in [0.29, 0.717) is 11.4 Å². The van der Waals surface area contributed by atoms with E-state index in [1.165, 1.54) is 28.4 Å². The number of cyclic esters (lactones) is 1. The molecule has 2 aliphatic heterocycles. The van der Waals surface area contributed by atoms with Gasteiger partial charge in [0.15, 0.2) is 0 Å².